The largest absolute Gasteiger partial charge is 0.337 e. The SMILES string of the molecule is CC1=CC(c2cccc3[nH]c(-c4[nH]nc5ncc(-c6cncc(NC(=O)C7CCCCC7)c6)cc45)nc23)C=N1. The Kier molecular flexibility index (Phi) is 5.76. The summed E-state index contributed by atoms with van der Waals surface area (Å²) in [4.78, 5) is 34.6. The van der Waals surface area contributed by atoms with Crippen LogP contribution in [-0.2, 0) is 4.79 Å². The predicted molar refractivity (Wildman–Crippen MR) is 152 cm³/mol. The van der Waals surface area contributed by atoms with Crippen LogP contribution in [0.5, 0.6) is 0 Å². The van der Waals surface area contributed by atoms with E-state index in [0.717, 1.165) is 70.2 Å². The van der Waals surface area contributed by atoms with E-state index in [-0.39, 0.29) is 17.7 Å². The molecule has 0 saturated heterocycles. The number of benzene rings is 1. The van der Waals surface area contributed by atoms with Gasteiger partial charge in [-0.1, -0.05) is 37.5 Å². The molecule has 9 nitrogen and oxygen atoms in total. The number of imidazole rings is 1. The second-order valence-electron chi connectivity index (χ2n) is 10.4. The molecule has 3 N–H and O–H groups in total. The van der Waals surface area contributed by atoms with Gasteiger partial charge in [0, 0.05) is 47.3 Å². The maximum absolute atomic E-state index is 12.8. The first-order chi connectivity index (χ1) is 19.1. The Labute approximate surface area is 224 Å². The summed E-state index contributed by atoms with van der Waals surface area (Å²) in [5.74, 6) is 0.966. The minimum atomic E-state index is 0.0816. The average Bonchev–Trinajstić information content (AvgIpc) is 3.71. The molecule has 1 saturated carbocycles. The number of carbonyl (C=O) groups is 1. The van der Waals surface area contributed by atoms with Crippen LogP contribution < -0.4 is 5.32 Å². The number of pyridine rings is 2. The number of hydrogen-bond acceptors (Lipinski definition) is 6. The van der Waals surface area contributed by atoms with Crippen molar-refractivity contribution in [2.45, 2.75) is 44.9 Å². The minimum Gasteiger partial charge on any atom is -0.337 e. The minimum absolute atomic E-state index is 0.0816. The van der Waals surface area contributed by atoms with E-state index >= 15 is 0 Å². The van der Waals surface area contributed by atoms with E-state index in [1.165, 1.54) is 6.42 Å². The van der Waals surface area contributed by atoms with Crippen LogP contribution in [0, 0.1) is 5.92 Å². The number of nitrogens with one attached hydrogen (secondary N) is 3. The van der Waals surface area contributed by atoms with Gasteiger partial charge in [-0.2, -0.15) is 5.10 Å². The van der Waals surface area contributed by atoms with Gasteiger partial charge in [-0.15, -0.1) is 0 Å². The molecule has 0 bridgehead atoms. The molecule has 7 rings (SSSR count). The molecule has 2 aliphatic rings. The summed E-state index contributed by atoms with van der Waals surface area (Å²) < 4.78 is 0. The lowest BCUT2D eigenvalue weighted by Gasteiger charge is -2.20. The van der Waals surface area contributed by atoms with E-state index < -0.39 is 0 Å². The highest BCUT2D eigenvalue weighted by molar-refractivity contribution is 5.96. The van der Waals surface area contributed by atoms with E-state index in [4.69, 9.17) is 4.98 Å². The highest BCUT2D eigenvalue weighted by Gasteiger charge is 2.22. The van der Waals surface area contributed by atoms with Gasteiger partial charge in [-0.25, -0.2) is 9.97 Å². The van der Waals surface area contributed by atoms with Crippen LogP contribution in [0.4, 0.5) is 5.69 Å². The van der Waals surface area contributed by atoms with Gasteiger partial charge in [0.25, 0.3) is 0 Å². The highest BCUT2D eigenvalue weighted by atomic mass is 16.1. The molecule has 1 fully saturated rings. The fraction of sp³-hybridized carbons (Fsp3) is 0.267. The number of para-hydroxylation sites is 1. The van der Waals surface area contributed by atoms with Crippen LogP contribution in [0.1, 0.15) is 50.5 Å². The molecule has 5 aromatic rings. The first-order valence-electron chi connectivity index (χ1n) is 13.4. The molecular weight excluding hydrogens is 488 g/mol. The predicted octanol–water partition coefficient (Wildman–Crippen LogP) is 6.15. The van der Waals surface area contributed by atoms with Crippen molar-refractivity contribution < 1.29 is 4.79 Å². The summed E-state index contributed by atoms with van der Waals surface area (Å²) >= 11 is 0. The summed E-state index contributed by atoms with van der Waals surface area (Å²) in [7, 11) is 0. The van der Waals surface area contributed by atoms with Crippen LogP contribution in [0.2, 0.25) is 0 Å². The molecule has 1 unspecified atom stereocenters. The van der Waals surface area contributed by atoms with E-state index in [0.29, 0.717) is 17.2 Å². The van der Waals surface area contributed by atoms with Crippen molar-refractivity contribution in [3.63, 3.8) is 0 Å². The van der Waals surface area contributed by atoms with Crippen molar-refractivity contribution in [3.8, 4) is 22.6 Å². The molecule has 1 aromatic carbocycles. The molecule has 0 spiro atoms. The third-order valence-electron chi connectivity index (χ3n) is 7.72. The zero-order valence-corrected chi connectivity index (χ0v) is 21.6. The zero-order chi connectivity index (χ0) is 26.3. The Morgan fingerprint density at radius 3 is 2.77 bits per heavy atom. The van der Waals surface area contributed by atoms with E-state index in [1.807, 2.05) is 37.4 Å². The van der Waals surface area contributed by atoms with E-state index in [1.54, 1.807) is 18.6 Å². The molecule has 39 heavy (non-hydrogen) atoms. The monoisotopic (exact) mass is 516 g/mol. The molecule has 9 heteroatoms. The second-order valence-corrected chi connectivity index (χ2v) is 10.4. The number of aromatic amines is 2. The van der Waals surface area contributed by atoms with Gasteiger partial charge in [0.2, 0.25) is 5.91 Å². The molecule has 4 aromatic heterocycles. The van der Waals surface area contributed by atoms with Crippen molar-refractivity contribution in [3.05, 3.63) is 66.3 Å². The number of rotatable bonds is 5. The first kappa shape index (κ1) is 23.5. The molecule has 194 valence electrons. The zero-order valence-electron chi connectivity index (χ0n) is 21.6. The Hall–Kier alpha value is -4.66. The Morgan fingerprint density at radius 1 is 1.05 bits per heavy atom. The van der Waals surface area contributed by atoms with Crippen LogP contribution in [0.25, 0.3) is 44.7 Å². The van der Waals surface area contributed by atoms with Crippen LogP contribution in [0.3, 0.4) is 0 Å². The number of H-pyrrole nitrogens is 2. The van der Waals surface area contributed by atoms with E-state index in [9.17, 15) is 4.79 Å². The van der Waals surface area contributed by atoms with Gasteiger partial charge in [0.15, 0.2) is 11.5 Å². The topological polar surface area (TPSA) is 125 Å². The number of amides is 1. The summed E-state index contributed by atoms with van der Waals surface area (Å²) in [6, 6.07) is 10.1. The normalized spacial score (nSPS) is 17.7. The molecular formula is C30H28N8O. The van der Waals surface area contributed by atoms with Crippen molar-refractivity contribution >= 4 is 39.9 Å². The quantitative estimate of drug-likeness (QED) is 0.258. The van der Waals surface area contributed by atoms with Crippen molar-refractivity contribution in [2.24, 2.45) is 10.9 Å². The summed E-state index contributed by atoms with van der Waals surface area (Å²) in [6.07, 6.45) is 14.7. The summed E-state index contributed by atoms with van der Waals surface area (Å²) in [5.41, 5.74) is 7.79. The first-order valence-corrected chi connectivity index (χ1v) is 13.4. The summed E-state index contributed by atoms with van der Waals surface area (Å²) in [6.45, 7) is 2.00. The third kappa shape index (κ3) is 4.39. The number of aromatic nitrogens is 6. The second kappa shape index (κ2) is 9.58. The Balaban J connectivity index is 1.21. The molecule has 1 amide bonds. The lowest BCUT2D eigenvalue weighted by molar-refractivity contribution is -0.120. The molecule has 5 heterocycles. The van der Waals surface area contributed by atoms with Gasteiger partial charge in [0.1, 0.15) is 5.69 Å². The fourth-order valence-corrected chi connectivity index (χ4v) is 5.67. The molecule has 0 radical (unpaired) electrons. The number of allylic oxidation sites excluding steroid dienone is 2. The fourth-order valence-electron chi connectivity index (χ4n) is 5.67. The van der Waals surface area contributed by atoms with Crippen LogP contribution in [-0.4, -0.2) is 42.3 Å². The van der Waals surface area contributed by atoms with Gasteiger partial charge in [-0.3, -0.25) is 19.9 Å². The number of hydrogen-bond donors (Lipinski definition) is 3. The van der Waals surface area contributed by atoms with Crippen LogP contribution >= 0.6 is 0 Å². The number of fused-ring (bicyclic) bond motifs is 2. The van der Waals surface area contributed by atoms with Gasteiger partial charge in [0.05, 0.1) is 28.3 Å². The third-order valence-corrected chi connectivity index (χ3v) is 7.72. The lowest BCUT2D eigenvalue weighted by atomic mass is 9.88. The molecule has 1 atom stereocenters. The van der Waals surface area contributed by atoms with Gasteiger partial charge < -0.3 is 10.3 Å². The lowest BCUT2D eigenvalue weighted by Crippen LogP contribution is -2.24. The number of nitrogens with zero attached hydrogens (tertiary/aromatic N) is 5. The smallest absolute Gasteiger partial charge is 0.227 e. The average molecular weight is 517 g/mol. The van der Waals surface area contributed by atoms with Gasteiger partial charge in [-0.05, 0) is 43.5 Å². The van der Waals surface area contributed by atoms with Crippen molar-refractivity contribution in [2.75, 3.05) is 5.32 Å². The van der Waals surface area contributed by atoms with Crippen molar-refractivity contribution in [1.82, 2.24) is 30.1 Å². The summed E-state index contributed by atoms with van der Waals surface area (Å²) in [5, 5.41) is 11.5. The number of aliphatic imine (C=N–C) groups is 1. The maximum atomic E-state index is 12.8. The Bertz CT molecular complexity index is 1770. The standard InChI is InChI=1S/C30H28N8O/c1-17-10-21(15-32-17)23-8-5-9-25-26(23)36-29(35-25)27-24-12-20(14-33-28(24)38-37-27)19-11-22(16-31-13-19)34-30(39)18-6-3-2-4-7-18/h5,8-16,18,21H,2-4,6-7H2,1H3,(H,34,39)(H,35,36)(H,33,37,38). The highest BCUT2D eigenvalue weighted by Crippen LogP contribution is 2.33. The Morgan fingerprint density at radius 2 is 1.92 bits per heavy atom. The van der Waals surface area contributed by atoms with E-state index in [2.05, 4.69) is 47.6 Å². The van der Waals surface area contributed by atoms with Crippen molar-refractivity contribution in [1.29, 1.82) is 0 Å². The van der Waals surface area contributed by atoms with Crippen LogP contribution in [0.15, 0.2) is 65.7 Å². The molecule has 1 aliphatic carbocycles. The maximum Gasteiger partial charge on any atom is 0.227 e. The molecule has 1 aliphatic heterocycles. The van der Waals surface area contributed by atoms with Gasteiger partial charge >= 0.3 is 0 Å². The number of anilines is 1. The number of carbonyl (C=O) groups excluding carboxylic acids is 1.